The highest BCUT2D eigenvalue weighted by atomic mass is 16.4. The molecule has 0 saturated carbocycles. The molecule has 0 aromatic heterocycles. The summed E-state index contributed by atoms with van der Waals surface area (Å²) in [7, 11) is 0. The predicted molar refractivity (Wildman–Crippen MR) is 57.3 cm³/mol. The fourth-order valence-electron chi connectivity index (χ4n) is 1.12. The largest absolute Gasteiger partial charge is 0.480 e. The molecule has 0 bridgehead atoms. The Kier molecular flexibility index (Phi) is 5.93. The van der Waals surface area contributed by atoms with Crippen LogP contribution in [0.2, 0.25) is 0 Å². The fraction of sp³-hybridized carbons (Fsp3) is 0.800. The zero-order chi connectivity index (χ0) is 12.0. The van der Waals surface area contributed by atoms with Crippen LogP contribution in [0.1, 0.15) is 33.6 Å². The Labute approximate surface area is 90.0 Å². The van der Waals surface area contributed by atoms with Gasteiger partial charge in [-0.3, -0.25) is 4.79 Å². The average Bonchev–Trinajstić information content (AvgIpc) is 2.15. The molecule has 0 spiro atoms. The van der Waals surface area contributed by atoms with Crippen LogP contribution in [-0.2, 0) is 9.59 Å². The van der Waals surface area contributed by atoms with E-state index in [-0.39, 0.29) is 5.92 Å². The smallest absolute Gasteiger partial charge is 0.326 e. The highest BCUT2D eigenvalue weighted by molar-refractivity contribution is 5.86. The molecule has 88 valence electrons. The van der Waals surface area contributed by atoms with Crippen LogP contribution >= 0.6 is 0 Å². The second-order valence-electron chi connectivity index (χ2n) is 3.96. The number of carboxylic acid groups (broad SMARTS) is 1. The van der Waals surface area contributed by atoms with E-state index in [4.69, 9.17) is 10.8 Å². The Morgan fingerprint density at radius 3 is 2.27 bits per heavy atom. The molecule has 0 aromatic rings. The lowest BCUT2D eigenvalue weighted by Crippen LogP contribution is -2.50. The van der Waals surface area contributed by atoms with E-state index < -0.39 is 24.0 Å². The normalized spacial score (nSPS) is 14.7. The number of nitrogens with two attached hydrogens (primary N) is 1. The second kappa shape index (κ2) is 6.40. The van der Waals surface area contributed by atoms with Crippen LogP contribution in [0.3, 0.4) is 0 Å². The maximum atomic E-state index is 11.5. The Bertz CT molecular complexity index is 229. The monoisotopic (exact) mass is 216 g/mol. The molecule has 1 amide bonds. The molecule has 2 atom stereocenters. The van der Waals surface area contributed by atoms with E-state index in [0.717, 1.165) is 0 Å². The SMILES string of the molecule is CCC[C@@H](NC(=O)[C@@H](N)C(C)C)C(=O)O. The zero-order valence-electron chi connectivity index (χ0n) is 9.49. The van der Waals surface area contributed by atoms with Crippen molar-refractivity contribution in [1.29, 1.82) is 0 Å². The van der Waals surface area contributed by atoms with Crippen LogP contribution < -0.4 is 11.1 Å². The quantitative estimate of drug-likeness (QED) is 0.597. The maximum Gasteiger partial charge on any atom is 0.326 e. The molecule has 5 heteroatoms. The number of nitrogens with one attached hydrogen (secondary N) is 1. The predicted octanol–water partition coefficient (Wildman–Crippen LogP) is 0.339. The van der Waals surface area contributed by atoms with E-state index in [1.807, 2.05) is 20.8 Å². The van der Waals surface area contributed by atoms with Gasteiger partial charge in [0.05, 0.1) is 6.04 Å². The second-order valence-corrected chi connectivity index (χ2v) is 3.96. The molecule has 0 aliphatic carbocycles. The van der Waals surface area contributed by atoms with E-state index in [1.54, 1.807) is 0 Å². The summed E-state index contributed by atoms with van der Waals surface area (Å²) >= 11 is 0. The summed E-state index contributed by atoms with van der Waals surface area (Å²) in [6, 6.07) is -1.48. The number of rotatable bonds is 6. The van der Waals surface area contributed by atoms with Gasteiger partial charge in [-0.15, -0.1) is 0 Å². The summed E-state index contributed by atoms with van der Waals surface area (Å²) in [5, 5.41) is 11.3. The van der Waals surface area contributed by atoms with Crippen LogP contribution in [0.25, 0.3) is 0 Å². The first-order valence-electron chi connectivity index (χ1n) is 5.18. The molecule has 0 rings (SSSR count). The number of carbonyl (C=O) groups is 2. The third-order valence-corrected chi connectivity index (χ3v) is 2.21. The molecule has 0 radical (unpaired) electrons. The molecule has 0 fully saturated rings. The first-order chi connectivity index (χ1) is 6.90. The Morgan fingerprint density at radius 1 is 1.40 bits per heavy atom. The lowest BCUT2D eigenvalue weighted by atomic mass is 10.0. The first-order valence-corrected chi connectivity index (χ1v) is 5.18. The zero-order valence-corrected chi connectivity index (χ0v) is 9.49. The van der Waals surface area contributed by atoms with Crippen LogP contribution in [0.5, 0.6) is 0 Å². The van der Waals surface area contributed by atoms with Crippen molar-refractivity contribution in [3.8, 4) is 0 Å². The van der Waals surface area contributed by atoms with Gasteiger partial charge in [0.15, 0.2) is 0 Å². The molecule has 5 nitrogen and oxygen atoms in total. The van der Waals surface area contributed by atoms with Gasteiger partial charge in [-0.05, 0) is 12.3 Å². The molecule has 0 aliphatic rings. The van der Waals surface area contributed by atoms with Gasteiger partial charge in [-0.2, -0.15) is 0 Å². The lowest BCUT2D eigenvalue weighted by molar-refractivity contribution is -0.142. The minimum atomic E-state index is -1.01. The molecule has 0 saturated heterocycles. The first kappa shape index (κ1) is 13.9. The van der Waals surface area contributed by atoms with Crippen LogP contribution in [0.4, 0.5) is 0 Å². The number of hydrogen-bond acceptors (Lipinski definition) is 3. The number of aliphatic carboxylic acids is 1. The number of carbonyl (C=O) groups excluding carboxylic acids is 1. The van der Waals surface area contributed by atoms with Gasteiger partial charge in [0.25, 0.3) is 0 Å². The Hall–Kier alpha value is -1.10. The highest BCUT2D eigenvalue weighted by Gasteiger charge is 2.23. The van der Waals surface area contributed by atoms with Gasteiger partial charge in [-0.25, -0.2) is 4.79 Å². The van der Waals surface area contributed by atoms with Crippen molar-refractivity contribution in [2.24, 2.45) is 11.7 Å². The highest BCUT2D eigenvalue weighted by Crippen LogP contribution is 2.01. The summed E-state index contributed by atoms with van der Waals surface area (Å²) < 4.78 is 0. The maximum absolute atomic E-state index is 11.5. The van der Waals surface area contributed by atoms with E-state index in [2.05, 4.69) is 5.32 Å². The van der Waals surface area contributed by atoms with E-state index >= 15 is 0 Å². The molecule has 4 N–H and O–H groups in total. The summed E-state index contributed by atoms with van der Waals surface area (Å²) in [5.74, 6) is -1.41. The van der Waals surface area contributed by atoms with E-state index in [1.165, 1.54) is 0 Å². The van der Waals surface area contributed by atoms with Gasteiger partial charge in [-0.1, -0.05) is 27.2 Å². The minimum Gasteiger partial charge on any atom is -0.480 e. The minimum absolute atomic E-state index is 0.000992. The summed E-state index contributed by atoms with van der Waals surface area (Å²) in [5.41, 5.74) is 5.60. The number of hydrogen-bond donors (Lipinski definition) is 3. The Balaban J connectivity index is 4.28. The van der Waals surface area contributed by atoms with Crippen molar-refractivity contribution in [1.82, 2.24) is 5.32 Å². The van der Waals surface area contributed by atoms with Crippen molar-refractivity contribution in [3.05, 3.63) is 0 Å². The van der Waals surface area contributed by atoms with E-state index in [9.17, 15) is 9.59 Å². The van der Waals surface area contributed by atoms with Gasteiger partial charge in [0.1, 0.15) is 6.04 Å². The van der Waals surface area contributed by atoms with Gasteiger partial charge in [0, 0.05) is 0 Å². The number of amides is 1. The van der Waals surface area contributed by atoms with Gasteiger partial charge >= 0.3 is 5.97 Å². The van der Waals surface area contributed by atoms with Crippen molar-refractivity contribution in [3.63, 3.8) is 0 Å². The third kappa shape index (κ3) is 4.78. The van der Waals surface area contributed by atoms with Crippen LogP contribution in [0.15, 0.2) is 0 Å². The summed E-state index contributed by atoms with van der Waals surface area (Å²) in [6.07, 6.45) is 1.13. The molecule has 15 heavy (non-hydrogen) atoms. The van der Waals surface area contributed by atoms with Crippen molar-refractivity contribution in [2.75, 3.05) is 0 Å². The van der Waals surface area contributed by atoms with Crippen molar-refractivity contribution < 1.29 is 14.7 Å². The van der Waals surface area contributed by atoms with Crippen LogP contribution in [-0.4, -0.2) is 29.1 Å². The fourth-order valence-corrected chi connectivity index (χ4v) is 1.12. The number of carboxylic acids is 1. The van der Waals surface area contributed by atoms with Gasteiger partial charge in [0.2, 0.25) is 5.91 Å². The van der Waals surface area contributed by atoms with Crippen LogP contribution in [0, 0.1) is 5.92 Å². The van der Waals surface area contributed by atoms with E-state index in [0.29, 0.717) is 12.8 Å². The van der Waals surface area contributed by atoms with Crippen molar-refractivity contribution in [2.45, 2.75) is 45.7 Å². The molecular formula is C10H20N2O3. The third-order valence-electron chi connectivity index (χ3n) is 2.21. The lowest BCUT2D eigenvalue weighted by Gasteiger charge is -2.19. The molecule has 0 heterocycles. The average molecular weight is 216 g/mol. The standard InChI is InChI=1S/C10H20N2O3/c1-4-5-7(10(14)15)12-9(13)8(11)6(2)3/h6-8H,4-5,11H2,1-3H3,(H,12,13)(H,14,15)/t7-,8+/m1/s1. The molecule has 0 unspecified atom stereocenters. The topological polar surface area (TPSA) is 92.4 Å². The molecule has 0 aliphatic heterocycles. The van der Waals surface area contributed by atoms with Gasteiger partial charge < -0.3 is 16.2 Å². The molecular weight excluding hydrogens is 196 g/mol. The summed E-state index contributed by atoms with van der Waals surface area (Å²) in [6.45, 7) is 5.50. The Morgan fingerprint density at radius 2 is 1.93 bits per heavy atom. The molecule has 0 aromatic carbocycles. The summed E-state index contributed by atoms with van der Waals surface area (Å²) in [4.78, 5) is 22.2. The van der Waals surface area contributed by atoms with Crippen molar-refractivity contribution >= 4 is 11.9 Å².